The summed E-state index contributed by atoms with van der Waals surface area (Å²) in [5.74, 6) is 0.803. The molecule has 1 unspecified atom stereocenters. The second kappa shape index (κ2) is 5.53. The zero-order valence-electron chi connectivity index (χ0n) is 13.1. The molecule has 116 valence electrons. The van der Waals surface area contributed by atoms with Gasteiger partial charge in [-0.15, -0.1) is 10.2 Å². The number of aryl methyl sites for hydroxylation is 3. The van der Waals surface area contributed by atoms with E-state index >= 15 is 0 Å². The van der Waals surface area contributed by atoms with E-state index in [2.05, 4.69) is 35.3 Å². The van der Waals surface area contributed by atoms with Gasteiger partial charge in [-0.2, -0.15) is 0 Å². The van der Waals surface area contributed by atoms with Crippen molar-refractivity contribution in [3.05, 3.63) is 46.5 Å². The molecule has 0 amide bonds. The van der Waals surface area contributed by atoms with E-state index in [0.29, 0.717) is 19.6 Å². The van der Waals surface area contributed by atoms with Crippen LogP contribution in [0.25, 0.3) is 0 Å². The van der Waals surface area contributed by atoms with Crippen LogP contribution < -0.4 is 0 Å². The lowest BCUT2D eigenvalue weighted by atomic mass is 10.0. The summed E-state index contributed by atoms with van der Waals surface area (Å²) in [5, 5.41) is 17.8. The Morgan fingerprint density at radius 1 is 1.32 bits per heavy atom. The van der Waals surface area contributed by atoms with Gasteiger partial charge < -0.3 is 9.67 Å². The Morgan fingerprint density at radius 2 is 2.09 bits per heavy atom. The first kappa shape index (κ1) is 14.7. The molecule has 22 heavy (non-hydrogen) atoms. The normalized spacial score (nSPS) is 18.2. The maximum Gasteiger partial charge on any atom is 0.322 e. The number of fused-ring (bicyclic) bond motifs is 1. The number of benzene rings is 1. The second-order valence-electron chi connectivity index (χ2n) is 5.96. The first-order chi connectivity index (χ1) is 10.5. The topological polar surface area (TPSA) is 71.2 Å². The van der Waals surface area contributed by atoms with Crippen LogP contribution in [-0.4, -0.2) is 36.8 Å². The molecule has 0 fully saturated rings. The van der Waals surface area contributed by atoms with Crippen molar-refractivity contribution in [1.82, 2.24) is 19.7 Å². The number of aliphatic carboxylic acids is 1. The maximum absolute atomic E-state index is 11.7. The first-order valence-corrected chi connectivity index (χ1v) is 7.37. The van der Waals surface area contributed by atoms with Gasteiger partial charge in [-0.1, -0.05) is 23.8 Å². The standard InChI is InChI=1S/C16H20N4O2/c1-10-4-5-11(2)13(6-10)7-19-9-15-18-17-12(3)20(15)8-14(19)16(21)22/h4-6,14H,7-9H2,1-3H3,(H,21,22). The summed E-state index contributed by atoms with van der Waals surface area (Å²) in [7, 11) is 0. The van der Waals surface area contributed by atoms with Crippen LogP contribution in [0.15, 0.2) is 18.2 Å². The van der Waals surface area contributed by atoms with E-state index < -0.39 is 12.0 Å². The average molecular weight is 300 g/mol. The molecule has 1 aromatic heterocycles. The van der Waals surface area contributed by atoms with Gasteiger partial charge >= 0.3 is 5.97 Å². The van der Waals surface area contributed by atoms with Gasteiger partial charge in [0.15, 0.2) is 0 Å². The number of hydrogen-bond acceptors (Lipinski definition) is 4. The van der Waals surface area contributed by atoms with Gasteiger partial charge in [0.1, 0.15) is 17.7 Å². The van der Waals surface area contributed by atoms with Crippen molar-refractivity contribution in [2.45, 2.75) is 46.4 Å². The number of carboxylic acid groups (broad SMARTS) is 1. The summed E-state index contributed by atoms with van der Waals surface area (Å²) >= 11 is 0. The lowest BCUT2D eigenvalue weighted by Crippen LogP contribution is -2.47. The van der Waals surface area contributed by atoms with Gasteiger partial charge in [-0.05, 0) is 31.9 Å². The lowest BCUT2D eigenvalue weighted by molar-refractivity contribution is -0.145. The number of nitrogens with zero attached hydrogens (tertiary/aromatic N) is 4. The minimum atomic E-state index is -0.802. The summed E-state index contributed by atoms with van der Waals surface area (Å²) in [5.41, 5.74) is 3.53. The van der Waals surface area contributed by atoms with Crippen molar-refractivity contribution < 1.29 is 9.90 Å². The van der Waals surface area contributed by atoms with Crippen LogP contribution in [0.2, 0.25) is 0 Å². The molecule has 1 N–H and O–H groups in total. The summed E-state index contributed by atoms with van der Waals surface area (Å²) in [6.07, 6.45) is 0. The van der Waals surface area contributed by atoms with E-state index in [1.807, 2.05) is 23.3 Å². The van der Waals surface area contributed by atoms with Crippen LogP contribution in [0.4, 0.5) is 0 Å². The molecule has 6 heteroatoms. The number of carboxylic acids is 1. The fourth-order valence-corrected chi connectivity index (χ4v) is 2.95. The molecule has 0 saturated heterocycles. The van der Waals surface area contributed by atoms with Crippen LogP contribution in [0.3, 0.4) is 0 Å². The highest BCUT2D eigenvalue weighted by molar-refractivity contribution is 5.73. The average Bonchev–Trinajstić information content (AvgIpc) is 2.83. The fourth-order valence-electron chi connectivity index (χ4n) is 2.95. The van der Waals surface area contributed by atoms with Crippen molar-refractivity contribution >= 4 is 5.97 Å². The smallest absolute Gasteiger partial charge is 0.322 e. The Hall–Kier alpha value is -2.21. The van der Waals surface area contributed by atoms with Crippen LogP contribution in [0.5, 0.6) is 0 Å². The number of aromatic nitrogens is 3. The number of rotatable bonds is 3. The summed E-state index contributed by atoms with van der Waals surface area (Å²) in [4.78, 5) is 13.6. The van der Waals surface area contributed by atoms with E-state index in [9.17, 15) is 9.90 Å². The van der Waals surface area contributed by atoms with Gasteiger partial charge in [-0.3, -0.25) is 9.69 Å². The number of carbonyl (C=O) groups is 1. The van der Waals surface area contributed by atoms with Crippen LogP contribution in [0, 0.1) is 20.8 Å². The van der Waals surface area contributed by atoms with Crippen molar-refractivity contribution in [1.29, 1.82) is 0 Å². The molecular formula is C16H20N4O2. The second-order valence-corrected chi connectivity index (χ2v) is 5.96. The minimum Gasteiger partial charge on any atom is -0.480 e. The van der Waals surface area contributed by atoms with E-state index in [-0.39, 0.29) is 0 Å². The number of hydrogen-bond donors (Lipinski definition) is 1. The monoisotopic (exact) mass is 300 g/mol. The summed E-state index contributed by atoms with van der Waals surface area (Å²) in [6, 6.07) is 5.72. The van der Waals surface area contributed by atoms with E-state index in [1.165, 1.54) is 11.1 Å². The molecule has 2 aromatic rings. The molecule has 0 spiro atoms. The van der Waals surface area contributed by atoms with Crippen molar-refractivity contribution in [3.8, 4) is 0 Å². The largest absolute Gasteiger partial charge is 0.480 e. The molecule has 0 saturated carbocycles. The fraction of sp³-hybridized carbons (Fsp3) is 0.438. The molecule has 1 atom stereocenters. The highest BCUT2D eigenvalue weighted by Gasteiger charge is 2.33. The third kappa shape index (κ3) is 2.62. The van der Waals surface area contributed by atoms with Gasteiger partial charge in [0.25, 0.3) is 0 Å². The third-order valence-corrected chi connectivity index (χ3v) is 4.32. The predicted molar refractivity (Wildman–Crippen MR) is 81.3 cm³/mol. The van der Waals surface area contributed by atoms with Gasteiger partial charge in [-0.25, -0.2) is 0 Å². The Kier molecular flexibility index (Phi) is 3.70. The molecule has 1 aromatic carbocycles. The quantitative estimate of drug-likeness (QED) is 0.933. The Morgan fingerprint density at radius 3 is 2.82 bits per heavy atom. The van der Waals surface area contributed by atoms with Crippen LogP contribution in [-0.2, 0) is 24.4 Å². The Bertz CT molecular complexity index is 723. The van der Waals surface area contributed by atoms with Crippen molar-refractivity contribution in [2.75, 3.05) is 0 Å². The maximum atomic E-state index is 11.7. The molecule has 1 aliphatic rings. The van der Waals surface area contributed by atoms with Crippen LogP contribution >= 0.6 is 0 Å². The SMILES string of the molecule is Cc1ccc(C)c(CN2Cc3nnc(C)n3CC2C(=O)O)c1. The molecule has 6 nitrogen and oxygen atoms in total. The summed E-state index contributed by atoms with van der Waals surface area (Å²) < 4.78 is 1.90. The highest BCUT2D eigenvalue weighted by atomic mass is 16.4. The van der Waals surface area contributed by atoms with Crippen LogP contribution in [0.1, 0.15) is 28.3 Å². The molecule has 0 bridgehead atoms. The third-order valence-electron chi connectivity index (χ3n) is 4.32. The minimum absolute atomic E-state index is 0.397. The van der Waals surface area contributed by atoms with Gasteiger partial charge in [0.05, 0.1) is 13.1 Å². The molecule has 0 aliphatic carbocycles. The lowest BCUT2D eigenvalue weighted by Gasteiger charge is -2.33. The van der Waals surface area contributed by atoms with E-state index in [1.54, 1.807) is 0 Å². The molecule has 3 rings (SSSR count). The van der Waals surface area contributed by atoms with Gasteiger partial charge in [0, 0.05) is 6.54 Å². The van der Waals surface area contributed by atoms with Gasteiger partial charge in [0.2, 0.25) is 0 Å². The zero-order chi connectivity index (χ0) is 15.9. The molecular weight excluding hydrogens is 280 g/mol. The van der Waals surface area contributed by atoms with Crippen molar-refractivity contribution in [2.24, 2.45) is 0 Å². The predicted octanol–water partition coefficient (Wildman–Crippen LogP) is 1.67. The highest BCUT2D eigenvalue weighted by Crippen LogP contribution is 2.22. The zero-order valence-corrected chi connectivity index (χ0v) is 13.1. The van der Waals surface area contributed by atoms with E-state index in [4.69, 9.17) is 0 Å². The first-order valence-electron chi connectivity index (χ1n) is 7.37. The molecule has 2 heterocycles. The summed E-state index contributed by atoms with van der Waals surface area (Å²) in [6.45, 7) is 7.47. The Balaban J connectivity index is 1.91. The molecule has 0 radical (unpaired) electrons. The Labute approximate surface area is 129 Å². The molecule has 1 aliphatic heterocycles. The van der Waals surface area contributed by atoms with Crippen molar-refractivity contribution in [3.63, 3.8) is 0 Å². The van der Waals surface area contributed by atoms with E-state index in [0.717, 1.165) is 17.2 Å².